The highest BCUT2D eigenvalue weighted by atomic mass is 16.3. The van der Waals surface area contributed by atoms with Crippen molar-refractivity contribution in [3.8, 4) is 0 Å². The molecule has 1 unspecified atom stereocenters. The molecule has 0 radical (unpaired) electrons. The Morgan fingerprint density at radius 1 is 1.35 bits per heavy atom. The van der Waals surface area contributed by atoms with Gasteiger partial charge in [-0.2, -0.15) is 0 Å². The Labute approximate surface area is 137 Å². The van der Waals surface area contributed by atoms with Crippen LogP contribution in [0.1, 0.15) is 25.3 Å². The zero-order valence-corrected chi connectivity index (χ0v) is 13.6. The highest BCUT2D eigenvalue weighted by Crippen LogP contribution is 2.23. The van der Waals surface area contributed by atoms with Crippen molar-refractivity contribution in [3.05, 3.63) is 53.9 Å². The zero-order valence-electron chi connectivity index (χ0n) is 13.6. The Bertz CT molecular complexity index is 638. The lowest BCUT2D eigenvalue weighted by molar-refractivity contribution is -0.0430. The normalized spacial score (nSPS) is 23.1. The molecule has 1 aromatic carbocycles. The molecule has 0 amide bonds. The predicted molar refractivity (Wildman–Crippen MR) is 90.7 cm³/mol. The number of aromatic nitrogens is 3. The second-order valence-electron chi connectivity index (χ2n) is 6.54. The van der Waals surface area contributed by atoms with Crippen molar-refractivity contribution < 1.29 is 5.11 Å². The topological polar surface area (TPSA) is 54.2 Å². The van der Waals surface area contributed by atoms with Crippen molar-refractivity contribution in [2.75, 3.05) is 19.6 Å². The van der Waals surface area contributed by atoms with E-state index in [1.807, 2.05) is 6.07 Å². The number of hydrogen-bond acceptors (Lipinski definition) is 4. The molecule has 2 aromatic rings. The fourth-order valence-electron chi connectivity index (χ4n) is 3.32. The van der Waals surface area contributed by atoms with Gasteiger partial charge in [-0.3, -0.25) is 4.90 Å². The molecule has 1 saturated heterocycles. The molecule has 0 saturated carbocycles. The van der Waals surface area contributed by atoms with Gasteiger partial charge in [-0.15, -0.1) is 5.10 Å². The van der Waals surface area contributed by atoms with Crippen LogP contribution in [0.5, 0.6) is 0 Å². The third kappa shape index (κ3) is 4.50. The summed E-state index contributed by atoms with van der Waals surface area (Å²) in [5.74, 6) is 0. The van der Waals surface area contributed by atoms with Gasteiger partial charge in [0.2, 0.25) is 0 Å². The lowest BCUT2D eigenvalue weighted by Gasteiger charge is -2.39. The molecule has 1 aliphatic rings. The van der Waals surface area contributed by atoms with Gasteiger partial charge in [0.25, 0.3) is 0 Å². The van der Waals surface area contributed by atoms with Gasteiger partial charge < -0.3 is 5.11 Å². The van der Waals surface area contributed by atoms with Gasteiger partial charge in [0, 0.05) is 19.3 Å². The fourth-order valence-corrected chi connectivity index (χ4v) is 3.32. The summed E-state index contributed by atoms with van der Waals surface area (Å²) in [4.78, 5) is 2.33. The summed E-state index contributed by atoms with van der Waals surface area (Å²) < 4.78 is 1.72. The van der Waals surface area contributed by atoms with E-state index < -0.39 is 5.60 Å². The van der Waals surface area contributed by atoms with E-state index in [2.05, 4.69) is 52.5 Å². The average molecular weight is 312 g/mol. The Balaban J connectivity index is 1.61. The maximum absolute atomic E-state index is 10.9. The van der Waals surface area contributed by atoms with Crippen molar-refractivity contribution >= 4 is 6.08 Å². The molecule has 23 heavy (non-hydrogen) atoms. The molecule has 1 atom stereocenters. The average Bonchev–Trinajstić information content (AvgIpc) is 3.00. The molecule has 1 fully saturated rings. The van der Waals surface area contributed by atoms with Crippen LogP contribution in [0.3, 0.4) is 0 Å². The van der Waals surface area contributed by atoms with Crippen LogP contribution < -0.4 is 0 Å². The molecule has 0 spiro atoms. The first-order valence-corrected chi connectivity index (χ1v) is 8.14. The minimum atomic E-state index is -0.723. The minimum Gasteiger partial charge on any atom is -0.387 e. The van der Waals surface area contributed by atoms with E-state index in [-0.39, 0.29) is 0 Å². The van der Waals surface area contributed by atoms with Crippen molar-refractivity contribution in [2.24, 2.45) is 0 Å². The maximum atomic E-state index is 10.9. The second kappa shape index (κ2) is 7.06. The van der Waals surface area contributed by atoms with Gasteiger partial charge in [0.15, 0.2) is 0 Å². The molecular formula is C18H24N4O. The fraction of sp³-hybridized carbons (Fsp3) is 0.444. The molecule has 3 rings (SSSR count). The van der Waals surface area contributed by atoms with Gasteiger partial charge >= 0.3 is 0 Å². The Hall–Kier alpha value is -1.98. The number of rotatable bonds is 5. The lowest BCUT2D eigenvalue weighted by Crippen LogP contribution is -2.50. The maximum Gasteiger partial charge on any atom is 0.0970 e. The standard InChI is InChI=1S/C18H24N4O/c1-16(12-17-6-3-2-4-7-17)13-21-10-5-8-18(23,14-21)15-22-11-9-19-20-22/h2-4,6-7,9,11-12,23H,5,8,10,13-15H2,1H3. The van der Waals surface area contributed by atoms with E-state index in [0.29, 0.717) is 13.1 Å². The van der Waals surface area contributed by atoms with E-state index in [1.165, 1.54) is 11.1 Å². The first-order chi connectivity index (χ1) is 11.1. The summed E-state index contributed by atoms with van der Waals surface area (Å²) in [6.45, 7) is 5.24. The predicted octanol–water partition coefficient (Wildman–Crippen LogP) is 2.21. The van der Waals surface area contributed by atoms with Crippen molar-refractivity contribution in [2.45, 2.75) is 31.9 Å². The number of benzene rings is 1. The number of β-amino-alcohol motifs (C(OH)–C–C–N with tert-alkyl or cyclic N) is 1. The summed E-state index contributed by atoms with van der Waals surface area (Å²) >= 11 is 0. The van der Waals surface area contributed by atoms with Gasteiger partial charge in [0.1, 0.15) is 0 Å². The smallest absolute Gasteiger partial charge is 0.0970 e. The van der Waals surface area contributed by atoms with Crippen molar-refractivity contribution in [3.63, 3.8) is 0 Å². The summed E-state index contributed by atoms with van der Waals surface area (Å²) in [5.41, 5.74) is 1.81. The Morgan fingerprint density at radius 2 is 2.17 bits per heavy atom. The quantitative estimate of drug-likeness (QED) is 0.920. The van der Waals surface area contributed by atoms with Crippen LogP contribution in [-0.4, -0.2) is 50.2 Å². The number of likely N-dealkylation sites (tertiary alicyclic amines) is 1. The number of hydrogen-bond donors (Lipinski definition) is 1. The molecule has 1 aliphatic heterocycles. The van der Waals surface area contributed by atoms with Gasteiger partial charge in [-0.25, -0.2) is 4.68 Å². The van der Waals surface area contributed by atoms with E-state index >= 15 is 0 Å². The van der Waals surface area contributed by atoms with Crippen LogP contribution in [0, 0.1) is 0 Å². The van der Waals surface area contributed by atoms with Gasteiger partial charge in [0.05, 0.1) is 18.3 Å². The second-order valence-corrected chi connectivity index (χ2v) is 6.54. The molecule has 0 bridgehead atoms. The van der Waals surface area contributed by atoms with Gasteiger partial charge in [-0.05, 0) is 31.9 Å². The zero-order chi connectivity index (χ0) is 16.1. The summed E-state index contributed by atoms with van der Waals surface area (Å²) in [5, 5.41) is 18.7. The molecule has 0 aliphatic carbocycles. The lowest BCUT2D eigenvalue weighted by atomic mass is 9.92. The summed E-state index contributed by atoms with van der Waals surface area (Å²) in [7, 11) is 0. The summed E-state index contributed by atoms with van der Waals surface area (Å²) in [6, 6.07) is 10.4. The van der Waals surface area contributed by atoms with Crippen LogP contribution >= 0.6 is 0 Å². The number of piperidine rings is 1. The van der Waals surface area contributed by atoms with Crippen LogP contribution in [-0.2, 0) is 6.54 Å². The highest BCUT2D eigenvalue weighted by Gasteiger charge is 2.33. The van der Waals surface area contributed by atoms with E-state index in [9.17, 15) is 5.11 Å². The van der Waals surface area contributed by atoms with Crippen LogP contribution in [0.4, 0.5) is 0 Å². The largest absolute Gasteiger partial charge is 0.387 e. The first kappa shape index (κ1) is 15.9. The molecule has 5 heteroatoms. The third-order valence-corrected chi connectivity index (χ3v) is 4.25. The Morgan fingerprint density at radius 3 is 2.91 bits per heavy atom. The van der Waals surface area contributed by atoms with Crippen molar-refractivity contribution in [1.82, 2.24) is 19.9 Å². The van der Waals surface area contributed by atoms with E-state index in [0.717, 1.165) is 25.9 Å². The number of aliphatic hydroxyl groups is 1. The summed E-state index contributed by atoms with van der Waals surface area (Å²) in [6.07, 6.45) is 7.48. The molecular weight excluding hydrogens is 288 g/mol. The minimum absolute atomic E-state index is 0.505. The molecule has 1 aromatic heterocycles. The van der Waals surface area contributed by atoms with Crippen molar-refractivity contribution in [1.29, 1.82) is 0 Å². The molecule has 2 heterocycles. The van der Waals surface area contributed by atoms with Crippen LogP contribution in [0.15, 0.2) is 48.3 Å². The first-order valence-electron chi connectivity index (χ1n) is 8.14. The van der Waals surface area contributed by atoms with E-state index in [4.69, 9.17) is 0 Å². The Kier molecular flexibility index (Phi) is 4.88. The number of nitrogens with zero attached hydrogens (tertiary/aromatic N) is 4. The molecule has 1 N–H and O–H groups in total. The highest BCUT2D eigenvalue weighted by molar-refractivity contribution is 5.52. The van der Waals surface area contributed by atoms with Crippen LogP contribution in [0.25, 0.3) is 6.08 Å². The molecule has 5 nitrogen and oxygen atoms in total. The molecule has 122 valence electrons. The third-order valence-electron chi connectivity index (χ3n) is 4.25. The monoisotopic (exact) mass is 312 g/mol. The van der Waals surface area contributed by atoms with Gasteiger partial charge in [-0.1, -0.05) is 47.2 Å². The SMILES string of the molecule is CC(=Cc1ccccc1)CN1CCCC(O)(Cn2ccnn2)C1. The van der Waals surface area contributed by atoms with Crippen LogP contribution in [0.2, 0.25) is 0 Å². The van der Waals surface area contributed by atoms with E-state index in [1.54, 1.807) is 17.1 Å².